The topological polar surface area (TPSA) is 82.4 Å². The van der Waals surface area contributed by atoms with Crippen LogP contribution in [-0.4, -0.2) is 38.6 Å². The SMILES string of the molecule is N#CN1CC(NS(=O)(=O)c2cc(Br)ccc2Br)CC1COc1ccc(F)cc1. The summed E-state index contributed by atoms with van der Waals surface area (Å²) >= 11 is 6.53. The van der Waals surface area contributed by atoms with Gasteiger partial charge in [-0.25, -0.2) is 17.5 Å². The number of hydrogen-bond acceptors (Lipinski definition) is 5. The highest BCUT2D eigenvalue weighted by molar-refractivity contribution is 9.11. The molecule has 1 aliphatic heterocycles. The average Bonchev–Trinajstić information content (AvgIpc) is 3.04. The molecule has 10 heteroatoms. The summed E-state index contributed by atoms with van der Waals surface area (Å²) < 4.78 is 47.8. The Bertz CT molecular complexity index is 996. The lowest BCUT2D eigenvalue weighted by Gasteiger charge is -2.18. The van der Waals surface area contributed by atoms with E-state index in [0.717, 1.165) is 0 Å². The summed E-state index contributed by atoms with van der Waals surface area (Å²) in [6.07, 6.45) is 2.49. The summed E-state index contributed by atoms with van der Waals surface area (Å²) in [5.74, 6) is 0.126. The Morgan fingerprint density at radius 1 is 1.25 bits per heavy atom. The number of hydrogen-bond donors (Lipinski definition) is 1. The number of nitriles is 1. The van der Waals surface area contributed by atoms with Crippen LogP contribution in [0.4, 0.5) is 4.39 Å². The Balaban J connectivity index is 1.66. The van der Waals surface area contributed by atoms with E-state index in [9.17, 15) is 18.1 Å². The first-order valence-corrected chi connectivity index (χ1v) is 11.4. The molecule has 2 atom stereocenters. The molecule has 1 fully saturated rings. The lowest BCUT2D eigenvalue weighted by Crippen LogP contribution is -2.36. The summed E-state index contributed by atoms with van der Waals surface area (Å²) in [6, 6.07) is 9.77. The van der Waals surface area contributed by atoms with Crippen LogP contribution in [0.25, 0.3) is 0 Å². The van der Waals surface area contributed by atoms with Crippen LogP contribution in [0.5, 0.6) is 5.75 Å². The number of nitrogens with one attached hydrogen (secondary N) is 1. The van der Waals surface area contributed by atoms with Crippen molar-refractivity contribution in [2.45, 2.75) is 23.4 Å². The molecule has 3 rings (SSSR count). The van der Waals surface area contributed by atoms with Crippen molar-refractivity contribution in [3.05, 3.63) is 57.2 Å². The largest absolute Gasteiger partial charge is 0.491 e. The molecule has 0 radical (unpaired) electrons. The van der Waals surface area contributed by atoms with Gasteiger partial charge in [0.1, 0.15) is 18.2 Å². The predicted octanol–water partition coefficient (Wildman–Crippen LogP) is 3.63. The van der Waals surface area contributed by atoms with Crippen LogP contribution in [0.15, 0.2) is 56.3 Å². The second-order valence-corrected chi connectivity index (χ2v) is 9.75. The number of halogens is 3. The molecule has 0 aliphatic carbocycles. The molecule has 6 nitrogen and oxygen atoms in total. The molecule has 0 saturated carbocycles. The van der Waals surface area contributed by atoms with E-state index in [2.05, 4.69) is 42.8 Å². The molecule has 2 unspecified atom stereocenters. The molecule has 0 spiro atoms. The van der Waals surface area contributed by atoms with Gasteiger partial charge in [0, 0.05) is 21.5 Å². The average molecular weight is 533 g/mol. The number of ether oxygens (including phenoxy) is 1. The first kappa shape index (κ1) is 21.0. The Morgan fingerprint density at radius 2 is 1.96 bits per heavy atom. The number of sulfonamides is 1. The van der Waals surface area contributed by atoms with E-state index in [1.807, 2.05) is 0 Å². The third-order valence-corrected chi connectivity index (χ3v) is 7.31. The van der Waals surface area contributed by atoms with E-state index in [0.29, 0.717) is 21.1 Å². The molecule has 1 aliphatic rings. The van der Waals surface area contributed by atoms with Crippen molar-refractivity contribution >= 4 is 41.9 Å². The van der Waals surface area contributed by atoms with Crippen LogP contribution < -0.4 is 9.46 Å². The van der Waals surface area contributed by atoms with Crippen molar-refractivity contribution in [1.29, 1.82) is 5.26 Å². The van der Waals surface area contributed by atoms with Crippen LogP contribution in [0.2, 0.25) is 0 Å². The third kappa shape index (κ3) is 5.03. The zero-order valence-electron chi connectivity index (χ0n) is 14.5. The van der Waals surface area contributed by atoms with Crippen molar-refractivity contribution in [2.24, 2.45) is 0 Å². The maximum Gasteiger partial charge on any atom is 0.242 e. The predicted molar refractivity (Wildman–Crippen MR) is 109 cm³/mol. The van der Waals surface area contributed by atoms with E-state index in [4.69, 9.17) is 4.74 Å². The van der Waals surface area contributed by atoms with Gasteiger partial charge in [0.05, 0.1) is 10.9 Å². The molecule has 148 valence electrons. The summed E-state index contributed by atoms with van der Waals surface area (Å²) in [4.78, 5) is 1.61. The molecule has 1 heterocycles. The van der Waals surface area contributed by atoms with Crippen LogP contribution in [0.1, 0.15) is 6.42 Å². The van der Waals surface area contributed by atoms with Crippen molar-refractivity contribution in [2.75, 3.05) is 13.2 Å². The summed E-state index contributed by atoms with van der Waals surface area (Å²) in [6.45, 7) is 0.441. The molecule has 0 amide bonds. The number of benzene rings is 2. The summed E-state index contributed by atoms with van der Waals surface area (Å²) in [5.41, 5.74) is 0. The van der Waals surface area contributed by atoms with Crippen LogP contribution in [0.3, 0.4) is 0 Å². The maximum atomic E-state index is 13.0. The molecular formula is C18H16Br2FN3O3S. The minimum atomic E-state index is -3.77. The normalized spacial score (nSPS) is 19.4. The first-order valence-electron chi connectivity index (χ1n) is 8.30. The van der Waals surface area contributed by atoms with E-state index in [1.54, 1.807) is 12.1 Å². The van der Waals surface area contributed by atoms with Gasteiger partial charge in [-0.1, -0.05) is 15.9 Å². The number of rotatable bonds is 6. The Kier molecular flexibility index (Phi) is 6.60. The van der Waals surface area contributed by atoms with Gasteiger partial charge in [-0.3, -0.25) is 0 Å². The van der Waals surface area contributed by atoms with Gasteiger partial charge < -0.3 is 9.64 Å². The van der Waals surface area contributed by atoms with Gasteiger partial charge >= 0.3 is 0 Å². The van der Waals surface area contributed by atoms with Crippen molar-refractivity contribution in [3.63, 3.8) is 0 Å². The fraction of sp³-hybridized carbons (Fsp3) is 0.278. The molecule has 1 saturated heterocycles. The first-order chi connectivity index (χ1) is 13.3. The van der Waals surface area contributed by atoms with Crippen LogP contribution in [-0.2, 0) is 10.0 Å². The van der Waals surface area contributed by atoms with E-state index < -0.39 is 16.1 Å². The van der Waals surface area contributed by atoms with E-state index >= 15 is 0 Å². The Hall–Kier alpha value is -1.67. The molecule has 2 aromatic carbocycles. The fourth-order valence-electron chi connectivity index (χ4n) is 2.97. The summed E-state index contributed by atoms with van der Waals surface area (Å²) in [5, 5.41) is 9.36. The Morgan fingerprint density at radius 3 is 2.64 bits per heavy atom. The highest BCUT2D eigenvalue weighted by atomic mass is 79.9. The fourth-order valence-corrected chi connectivity index (χ4v) is 5.71. The number of nitrogens with zero attached hydrogens (tertiary/aromatic N) is 2. The maximum absolute atomic E-state index is 13.0. The smallest absolute Gasteiger partial charge is 0.242 e. The lowest BCUT2D eigenvalue weighted by atomic mass is 10.2. The monoisotopic (exact) mass is 531 g/mol. The minimum absolute atomic E-state index is 0.122. The Labute approximate surface area is 179 Å². The van der Waals surface area contributed by atoms with Crippen LogP contribution >= 0.6 is 31.9 Å². The van der Waals surface area contributed by atoms with Gasteiger partial charge in [0.25, 0.3) is 0 Å². The minimum Gasteiger partial charge on any atom is -0.491 e. The molecule has 1 N–H and O–H groups in total. The second kappa shape index (κ2) is 8.78. The van der Waals surface area contributed by atoms with Gasteiger partial charge in [0.15, 0.2) is 6.19 Å². The highest BCUT2D eigenvalue weighted by Crippen LogP contribution is 2.27. The molecule has 0 aromatic heterocycles. The van der Waals surface area contributed by atoms with Gasteiger partial charge in [-0.15, -0.1) is 0 Å². The van der Waals surface area contributed by atoms with Crippen molar-refractivity contribution < 1.29 is 17.5 Å². The van der Waals surface area contributed by atoms with Gasteiger partial charge in [-0.2, -0.15) is 5.26 Å². The van der Waals surface area contributed by atoms with Gasteiger partial charge in [-0.05, 0) is 64.8 Å². The summed E-state index contributed by atoms with van der Waals surface area (Å²) in [7, 11) is -3.77. The third-order valence-electron chi connectivity index (χ3n) is 4.30. The van der Waals surface area contributed by atoms with E-state index in [-0.39, 0.29) is 29.9 Å². The molecule has 2 aromatic rings. The van der Waals surface area contributed by atoms with Gasteiger partial charge in [0.2, 0.25) is 10.0 Å². The second-order valence-electron chi connectivity index (χ2n) is 6.30. The standard InChI is InChI=1S/C18H16Br2FN3O3S/c19-12-1-6-17(20)18(7-12)28(25,26)23-14-8-15(24(9-14)11-22)10-27-16-4-2-13(21)3-5-16/h1-7,14-15,23H,8-10H2. The lowest BCUT2D eigenvalue weighted by molar-refractivity contribution is 0.219. The van der Waals surface area contributed by atoms with E-state index in [1.165, 1.54) is 35.2 Å². The highest BCUT2D eigenvalue weighted by Gasteiger charge is 2.35. The molecule has 28 heavy (non-hydrogen) atoms. The molecule has 0 bridgehead atoms. The zero-order valence-corrected chi connectivity index (χ0v) is 18.5. The number of likely N-dealkylation sites (tertiary alicyclic amines) is 1. The van der Waals surface area contributed by atoms with Crippen molar-refractivity contribution in [3.8, 4) is 11.9 Å². The van der Waals surface area contributed by atoms with Crippen molar-refractivity contribution in [1.82, 2.24) is 9.62 Å². The zero-order chi connectivity index (χ0) is 20.3. The molecular weight excluding hydrogens is 517 g/mol. The van der Waals surface area contributed by atoms with Crippen LogP contribution in [0, 0.1) is 17.3 Å². The quantitative estimate of drug-likeness (QED) is 0.574.